The maximum Gasteiger partial charge on any atom is 0.346 e. The highest BCUT2D eigenvalue weighted by Gasteiger charge is 2.21. The second kappa shape index (κ2) is 7.78. The van der Waals surface area contributed by atoms with E-state index in [4.69, 9.17) is 0 Å². The van der Waals surface area contributed by atoms with Crippen LogP contribution in [-0.2, 0) is 0 Å². The molecule has 0 fully saturated rings. The minimum atomic E-state index is -0.780. The van der Waals surface area contributed by atoms with Crippen LogP contribution in [0.4, 0.5) is 23.0 Å². The number of hydrogen-bond acceptors (Lipinski definition) is 12. The molecule has 24 heavy (non-hydrogen) atoms. The van der Waals surface area contributed by atoms with Crippen LogP contribution in [0.15, 0.2) is 45.9 Å². The van der Waals surface area contributed by atoms with E-state index in [1.807, 2.05) is 0 Å². The Hall–Kier alpha value is -4.10. The number of aromatic nitrogens is 4. The average Bonchev–Trinajstić information content (AvgIpc) is 3.27. The van der Waals surface area contributed by atoms with E-state index in [2.05, 4.69) is 40.7 Å². The Kier molecular flexibility index (Phi) is 5.28. The summed E-state index contributed by atoms with van der Waals surface area (Å²) in [5, 5.41) is 34.2. The highest BCUT2D eigenvalue weighted by Crippen LogP contribution is 2.24. The number of anilines is 2. The number of nitrogens with one attached hydrogen (secondary N) is 2. The second-order valence-electron chi connectivity index (χ2n) is 3.84. The molecule has 0 amide bonds. The molecule has 14 nitrogen and oxygen atoms in total. The van der Waals surface area contributed by atoms with E-state index < -0.39 is 21.2 Å². The van der Waals surface area contributed by atoms with Gasteiger partial charge in [-0.1, -0.05) is 22.4 Å². The van der Waals surface area contributed by atoms with Crippen LogP contribution in [0, 0.1) is 20.2 Å². The zero-order valence-corrected chi connectivity index (χ0v) is 11.6. The zero-order chi connectivity index (χ0) is 17.4. The molecule has 0 saturated carbocycles. The lowest BCUT2D eigenvalue weighted by molar-refractivity contribution is -0.422. The van der Waals surface area contributed by atoms with Gasteiger partial charge in [0.15, 0.2) is 0 Å². The van der Waals surface area contributed by atoms with Crippen molar-refractivity contribution in [2.75, 3.05) is 10.9 Å². The summed E-state index contributed by atoms with van der Waals surface area (Å²) < 4.78 is 8.64. The molecular weight excluding hydrogens is 328 g/mol. The van der Waals surface area contributed by atoms with Crippen LogP contribution in [0.5, 0.6) is 0 Å². The lowest BCUT2D eigenvalue weighted by atomic mass is 10.3. The minimum Gasteiger partial charge on any atom is -0.279 e. The van der Waals surface area contributed by atoms with E-state index in [-0.39, 0.29) is 0 Å². The average molecular weight is 336 g/mol. The van der Waals surface area contributed by atoms with Crippen molar-refractivity contribution in [1.82, 2.24) is 20.6 Å². The smallest absolute Gasteiger partial charge is 0.279 e. The Balaban J connectivity index is 0.000000174. The van der Waals surface area contributed by atoms with Gasteiger partial charge >= 0.3 is 11.4 Å². The number of rotatable bonds is 5. The molecule has 0 aliphatic carbocycles. The second-order valence-corrected chi connectivity index (χ2v) is 3.84. The first-order chi connectivity index (χ1) is 11.6. The number of hydrogen-bond donors (Lipinski definition) is 2. The molecular formula is C10H8N8O6. The molecule has 2 heterocycles. The van der Waals surface area contributed by atoms with Crippen molar-refractivity contribution < 1.29 is 19.1 Å². The molecule has 0 bridgehead atoms. The summed E-state index contributed by atoms with van der Waals surface area (Å²) in [6.07, 6.45) is 2.81. The van der Waals surface area contributed by atoms with Crippen molar-refractivity contribution in [3.05, 3.63) is 56.9 Å². The van der Waals surface area contributed by atoms with E-state index >= 15 is 0 Å². The van der Waals surface area contributed by atoms with Gasteiger partial charge in [-0.15, -0.1) is 0 Å². The molecule has 124 valence electrons. The van der Waals surface area contributed by atoms with Crippen LogP contribution in [0.3, 0.4) is 0 Å². The first kappa shape index (κ1) is 16.3. The first-order valence-electron chi connectivity index (χ1n) is 6.03. The van der Waals surface area contributed by atoms with Crippen molar-refractivity contribution in [1.29, 1.82) is 0 Å². The van der Waals surface area contributed by atoms with Gasteiger partial charge < -0.3 is 0 Å². The van der Waals surface area contributed by atoms with E-state index in [9.17, 15) is 20.2 Å². The predicted molar refractivity (Wildman–Crippen MR) is 75.6 cm³/mol. The van der Waals surface area contributed by atoms with Crippen molar-refractivity contribution in [2.45, 2.75) is 0 Å². The van der Waals surface area contributed by atoms with Crippen molar-refractivity contribution >= 4 is 23.0 Å². The molecule has 0 unspecified atom stereocenters. The van der Waals surface area contributed by atoms with Gasteiger partial charge in [0.1, 0.15) is 12.4 Å². The van der Waals surface area contributed by atoms with Crippen molar-refractivity contribution in [3.8, 4) is 0 Å². The number of benzene rings is 1. The molecule has 3 rings (SSSR count). The van der Waals surface area contributed by atoms with Gasteiger partial charge in [-0.25, -0.2) is 9.26 Å². The van der Waals surface area contributed by atoms with Gasteiger partial charge in [-0.2, -0.15) is 0 Å². The Labute approximate surface area is 131 Å². The zero-order valence-electron chi connectivity index (χ0n) is 11.6. The Bertz CT molecular complexity index is 722. The van der Waals surface area contributed by atoms with Crippen LogP contribution >= 0.6 is 0 Å². The molecule has 3 aromatic rings. The third-order valence-corrected chi connectivity index (χ3v) is 2.32. The fourth-order valence-electron chi connectivity index (χ4n) is 1.34. The van der Waals surface area contributed by atoms with Crippen molar-refractivity contribution in [2.24, 2.45) is 0 Å². The Morgan fingerprint density at radius 1 is 0.833 bits per heavy atom. The van der Waals surface area contributed by atoms with Crippen molar-refractivity contribution in [3.63, 3.8) is 0 Å². The van der Waals surface area contributed by atoms with Gasteiger partial charge in [0, 0.05) is 12.1 Å². The maximum absolute atomic E-state index is 10.2. The van der Waals surface area contributed by atoms with Crippen LogP contribution in [0.25, 0.3) is 0 Å². The first-order valence-corrected chi connectivity index (χ1v) is 6.03. The van der Waals surface area contributed by atoms with Gasteiger partial charge in [-0.05, 0) is 10.3 Å². The molecule has 14 heteroatoms. The maximum atomic E-state index is 10.2. The molecule has 2 aromatic heterocycles. The largest absolute Gasteiger partial charge is 0.346 e. The number of para-hydroxylation sites is 2. The lowest BCUT2D eigenvalue weighted by Crippen LogP contribution is -2.08. The third-order valence-electron chi connectivity index (χ3n) is 2.32. The van der Waals surface area contributed by atoms with E-state index in [1.54, 1.807) is 0 Å². The predicted octanol–water partition coefficient (Wildman–Crippen LogP) is 1.39. The monoisotopic (exact) mass is 336 g/mol. The standard InChI is InChI=1S/C6H4N2O4.C4H4N6O2/c9-7(10)5-3-1-2-4-6(5)8(11)12;1-3(9-11-5-1)7-8-4-2-6-12-10-4/h1-4H;1-2H,(H,7,9)(H,8,10). The summed E-state index contributed by atoms with van der Waals surface area (Å²) in [7, 11) is 0. The van der Waals surface area contributed by atoms with Gasteiger partial charge in [0.05, 0.1) is 9.85 Å². The molecule has 0 radical (unpaired) electrons. The molecule has 0 aliphatic rings. The SMILES string of the molecule is O=[N+]([O-])c1ccccc1[N+](=O)[O-].c1nonc1NNc1cnon1. The number of nitro groups is 2. The summed E-state index contributed by atoms with van der Waals surface area (Å²) in [6, 6.07) is 4.95. The normalized spacial score (nSPS) is 9.50. The third kappa shape index (κ3) is 4.45. The number of hydrazine groups is 1. The summed E-state index contributed by atoms with van der Waals surface area (Å²) in [6.45, 7) is 0. The molecule has 1 aromatic carbocycles. The summed E-state index contributed by atoms with van der Waals surface area (Å²) in [5.41, 5.74) is 4.33. The van der Waals surface area contributed by atoms with Crippen LogP contribution in [-0.4, -0.2) is 30.5 Å². The minimum absolute atomic E-state index is 0.443. The van der Waals surface area contributed by atoms with Crippen LogP contribution in [0.2, 0.25) is 0 Å². The van der Waals surface area contributed by atoms with Crippen LogP contribution < -0.4 is 10.9 Å². The summed E-state index contributed by atoms with van der Waals surface area (Å²) in [5.74, 6) is 0.885. The Morgan fingerprint density at radius 3 is 1.54 bits per heavy atom. The summed E-state index contributed by atoms with van der Waals surface area (Å²) >= 11 is 0. The van der Waals surface area contributed by atoms with E-state index in [0.29, 0.717) is 11.6 Å². The highest BCUT2D eigenvalue weighted by atomic mass is 16.6. The quantitative estimate of drug-likeness (QED) is 0.503. The number of nitro benzene ring substituents is 2. The Morgan fingerprint density at radius 2 is 1.25 bits per heavy atom. The van der Waals surface area contributed by atoms with Gasteiger partial charge in [0.25, 0.3) is 0 Å². The molecule has 0 saturated heterocycles. The van der Waals surface area contributed by atoms with Gasteiger partial charge in [0.2, 0.25) is 11.6 Å². The molecule has 0 atom stereocenters. The summed E-state index contributed by atoms with van der Waals surface area (Å²) in [4.78, 5) is 18.9. The molecule has 2 N–H and O–H groups in total. The molecule has 0 spiro atoms. The fraction of sp³-hybridized carbons (Fsp3) is 0. The van der Waals surface area contributed by atoms with E-state index in [1.165, 1.54) is 24.5 Å². The highest BCUT2D eigenvalue weighted by molar-refractivity contribution is 5.51. The fourth-order valence-corrected chi connectivity index (χ4v) is 1.34. The van der Waals surface area contributed by atoms with E-state index in [0.717, 1.165) is 12.1 Å². The lowest BCUT2D eigenvalue weighted by Gasteiger charge is -1.98. The van der Waals surface area contributed by atoms with Crippen LogP contribution in [0.1, 0.15) is 0 Å². The van der Waals surface area contributed by atoms with Gasteiger partial charge in [-0.3, -0.25) is 31.1 Å². The molecule has 0 aliphatic heterocycles. The number of nitrogens with zero attached hydrogens (tertiary/aromatic N) is 6. The topological polar surface area (TPSA) is 188 Å².